The van der Waals surface area contributed by atoms with Gasteiger partial charge in [-0.1, -0.05) is 84.0 Å². The zero-order chi connectivity index (χ0) is 18.6. The lowest BCUT2D eigenvalue weighted by atomic mass is 10.0. The fourth-order valence-corrected chi connectivity index (χ4v) is 2.29. The molecule has 0 rings (SSSR count). The average molecular weight is 347 g/mol. The molecule has 0 aliphatic rings. The number of hydrogen-bond acceptors (Lipinski definition) is 3. The molecule has 0 amide bonds. The number of carbonyl (C=O) groups is 2. The van der Waals surface area contributed by atoms with Crippen LogP contribution in [-0.2, 0) is 9.59 Å². The molecule has 5 heteroatoms. The molecule has 0 aromatic heterocycles. The van der Waals surface area contributed by atoms with E-state index in [1.54, 1.807) is 0 Å². The van der Waals surface area contributed by atoms with E-state index < -0.39 is 18.0 Å². The Morgan fingerprint density at radius 2 is 1.00 bits per heavy atom. The molecular formula is C19H38O5. The van der Waals surface area contributed by atoms with E-state index in [-0.39, 0.29) is 0 Å². The number of hydrogen-bond donors (Lipinski definition) is 3. The second kappa shape index (κ2) is 19.9. The highest BCUT2D eigenvalue weighted by atomic mass is 16.4. The number of rotatable bonds is 15. The first-order chi connectivity index (χ1) is 11.4. The van der Waals surface area contributed by atoms with Crippen molar-refractivity contribution in [2.75, 3.05) is 0 Å². The number of aliphatic hydroxyl groups excluding tert-OH is 1. The third-order valence-corrected chi connectivity index (χ3v) is 3.85. The largest absolute Gasteiger partial charge is 0.481 e. The molecule has 0 aromatic rings. The molecule has 0 saturated carbocycles. The zero-order valence-electron chi connectivity index (χ0n) is 15.6. The molecule has 1 atom stereocenters. The van der Waals surface area contributed by atoms with Crippen molar-refractivity contribution in [2.45, 2.75) is 110 Å². The predicted molar refractivity (Wildman–Crippen MR) is 97.3 cm³/mol. The molecule has 144 valence electrons. The van der Waals surface area contributed by atoms with Crippen molar-refractivity contribution in [1.82, 2.24) is 0 Å². The lowest BCUT2D eigenvalue weighted by Gasteiger charge is -2.02. The van der Waals surface area contributed by atoms with Gasteiger partial charge in [-0.3, -0.25) is 4.79 Å². The van der Waals surface area contributed by atoms with Gasteiger partial charge in [0.1, 0.15) is 6.10 Å². The Morgan fingerprint density at radius 3 is 1.25 bits per heavy atom. The highest BCUT2D eigenvalue weighted by Gasteiger charge is 2.01. The van der Waals surface area contributed by atoms with Crippen LogP contribution in [0.2, 0.25) is 0 Å². The highest BCUT2D eigenvalue weighted by molar-refractivity contribution is 5.71. The number of aliphatic hydroxyl groups is 1. The monoisotopic (exact) mass is 346 g/mol. The van der Waals surface area contributed by atoms with Crippen molar-refractivity contribution < 1.29 is 24.9 Å². The van der Waals surface area contributed by atoms with Crippen molar-refractivity contribution >= 4 is 11.9 Å². The van der Waals surface area contributed by atoms with Gasteiger partial charge in [0.05, 0.1) is 0 Å². The molecule has 0 aliphatic carbocycles. The Kier molecular flexibility index (Phi) is 20.9. The smallest absolute Gasteiger partial charge is 0.332 e. The predicted octanol–water partition coefficient (Wildman–Crippen LogP) is 5.00. The molecule has 0 radical (unpaired) electrons. The molecule has 5 nitrogen and oxygen atoms in total. The van der Waals surface area contributed by atoms with Gasteiger partial charge in [-0.05, 0) is 13.3 Å². The number of unbranched alkanes of at least 4 members (excludes halogenated alkanes) is 12. The molecular weight excluding hydrogens is 308 g/mol. The number of carboxylic acids is 2. The standard InChI is InChI=1S/C16H32O2.C3H6O3/c1-2-3-4-5-6-7-8-9-10-11-12-13-14-15-16(17)18;1-2(4)3(5)6/h2-15H2,1H3,(H,17,18);2,4H,1H3,(H,5,6). The Morgan fingerprint density at radius 1 is 0.708 bits per heavy atom. The molecule has 0 spiro atoms. The third kappa shape index (κ3) is 25.8. The van der Waals surface area contributed by atoms with E-state index in [0.717, 1.165) is 12.8 Å². The van der Waals surface area contributed by atoms with Crippen LogP contribution in [0.5, 0.6) is 0 Å². The maximum atomic E-state index is 10.3. The van der Waals surface area contributed by atoms with Gasteiger partial charge in [-0.25, -0.2) is 4.79 Å². The van der Waals surface area contributed by atoms with Crippen LogP contribution in [0.15, 0.2) is 0 Å². The van der Waals surface area contributed by atoms with Crippen LogP contribution in [-0.4, -0.2) is 33.4 Å². The number of aliphatic carboxylic acids is 2. The van der Waals surface area contributed by atoms with Crippen LogP contribution >= 0.6 is 0 Å². The van der Waals surface area contributed by atoms with Crippen molar-refractivity contribution in [3.63, 3.8) is 0 Å². The molecule has 1 unspecified atom stereocenters. The molecule has 0 bridgehead atoms. The quantitative estimate of drug-likeness (QED) is 0.362. The zero-order valence-corrected chi connectivity index (χ0v) is 15.6. The summed E-state index contributed by atoms with van der Waals surface area (Å²) in [5.74, 6) is -1.84. The van der Waals surface area contributed by atoms with E-state index in [4.69, 9.17) is 15.3 Å². The summed E-state index contributed by atoms with van der Waals surface area (Å²) >= 11 is 0. The van der Waals surface area contributed by atoms with Gasteiger partial charge in [0.2, 0.25) is 0 Å². The van der Waals surface area contributed by atoms with Gasteiger partial charge < -0.3 is 15.3 Å². The van der Waals surface area contributed by atoms with Crippen molar-refractivity contribution in [3.8, 4) is 0 Å². The molecule has 0 aliphatic heterocycles. The van der Waals surface area contributed by atoms with E-state index in [1.807, 2.05) is 0 Å². The second-order valence-electron chi connectivity index (χ2n) is 6.40. The Labute approximate surface area is 147 Å². The minimum atomic E-state index is -1.23. The molecule has 0 fully saturated rings. The third-order valence-electron chi connectivity index (χ3n) is 3.85. The first kappa shape index (κ1) is 25.1. The summed E-state index contributed by atoms with van der Waals surface area (Å²) < 4.78 is 0. The fraction of sp³-hybridized carbons (Fsp3) is 0.895. The van der Waals surface area contributed by atoms with E-state index >= 15 is 0 Å². The minimum absolute atomic E-state index is 0.345. The van der Waals surface area contributed by atoms with E-state index in [1.165, 1.54) is 77.6 Å². The first-order valence-electron chi connectivity index (χ1n) is 9.54. The minimum Gasteiger partial charge on any atom is -0.481 e. The molecule has 0 heterocycles. The van der Waals surface area contributed by atoms with Gasteiger partial charge in [0, 0.05) is 6.42 Å². The van der Waals surface area contributed by atoms with Crippen molar-refractivity contribution in [3.05, 3.63) is 0 Å². The van der Waals surface area contributed by atoms with Crippen LogP contribution in [0.25, 0.3) is 0 Å². The van der Waals surface area contributed by atoms with Crippen LogP contribution in [0, 0.1) is 0 Å². The Hall–Kier alpha value is -1.10. The summed E-state index contributed by atoms with van der Waals surface area (Å²) in [5, 5.41) is 24.3. The topological polar surface area (TPSA) is 94.8 Å². The number of carboxylic acid groups (broad SMARTS) is 2. The highest BCUT2D eigenvalue weighted by Crippen LogP contribution is 2.12. The molecule has 3 N–H and O–H groups in total. The maximum Gasteiger partial charge on any atom is 0.332 e. The molecule has 0 saturated heterocycles. The summed E-state index contributed by atoms with van der Waals surface area (Å²) in [6.45, 7) is 3.46. The normalized spacial score (nSPS) is 11.5. The fourth-order valence-electron chi connectivity index (χ4n) is 2.29. The van der Waals surface area contributed by atoms with Gasteiger partial charge in [0.25, 0.3) is 0 Å². The van der Waals surface area contributed by atoms with E-state index in [2.05, 4.69) is 6.92 Å². The van der Waals surface area contributed by atoms with Crippen LogP contribution in [0.3, 0.4) is 0 Å². The first-order valence-corrected chi connectivity index (χ1v) is 9.54. The van der Waals surface area contributed by atoms with Gasteiger partial charge >= 0.3 is 11.9 Å². The van der Waals surface area contributed by atoms with Gasteiger partial charge in [-0.2, -0.15) is 0 Å². The summed E-state index contributed by atoms with van der Waals surface area (Å²) in [7, 11) is 0. The molecule has 24 heavy (non-hydrogen) atoms. The lowest BCUT2D eigenvalue weighted by Crippen LogP contribution is -2.13. The molecule has 0 aromatic carbocycles. The average Bonchev–Trinajstić information content (AvgIpc) is 2.52. The summed E-state index contributed by atoms with van der Waals surface area (Å²) in [4.78, 5) is 19.7. The summed E-state index contributed by atoms with van der Waals surface area (Å²) in [5.41, 5.74) is 0. The van der Waals surface area contributed by atoms with Gasteiger partial charge in [0.15, 0.2) is 0 Å². The SMILES string of the molecule is CC(O)C(=O)O.CCCCCCCCCCCCCCCC(=O)O. The van der Waals surface area contributed by atoms with E-state index in [9.17, 15) is 9.59 Å². The Bertz CT molecular complexity index is 289. The van der Waals surface area contributed by atoms with E-state index in [0.29, 0.717) is 6.42 Å². The maximum absolute atomic E-state index is 10.3. The Balaban J connectivity index is 0. The van der Waals surface area contributed by atoms with Crippen LogP contribution in [0.4, 0.5) is 0 Å². The van der Waals surface area contributed by atoms with Gasteiger partial charge in [-0.15, -0.1) is 0 Å². The summed E-state index contributed by atoms with van der Waals surface area (Å²) in [6.07, 6.45) is 16.0. The van der Waals surface area contributed by atoms with Crippen LogP contribution < -0.4 is 0 Å². The lowest BCUT2D eigenvalue weighted by molar-refractivity contribution is -0.145. The van der Waals surface area contributed by atoms with Crippen LogP contribution in [0.1, 0.15) is 104 Å². The second-order valence-corrected chi connectivity index (χ2v) is 6.40. The summed E-state index contributed by atoms with van der Waals surface area (Å²) in [6, 6.07) is 0. The van der Waals surface area contributed by atoms with Crippen molar-refractivity contribution in [2.24, 2.45) is 0 Å². The van der Waals surface area contributed by atoms with Crippen molar-refractivity contribution in [1.29, 1.82) is 0 Å².